The molecule has 0 bridgehead atoms. The molecule has 0 aliphatic carbocycles. The molecular formula is C22H17N3O6. The zero-order chi connectivity index (χ0) is 21.5. The van der Waals surface area contributed by atoms with Crippen molar-refractivity contribution in [1.29, 1.82) is 0 Å². The zero-order valence-electron chi connectivity index (χ0n) is 16.1. The van der Waals surface area contributed by atoms with Crippen LogP contribution >= 0.6 is 0 Å². The van der Waals surface area contributed by atoms with Crippen molar-refractivity contribution in [2.45, 2.75) is 6.17 Å². The number of nitrogens with one attached hydrogen (secondary N) is 1. The van der Waals surface area contributed by atoms with Crippen LogP contribution in [0.2, 0.25) is 0 Å². The number of hydrogen-bond donors (Lipinski definition) is 2. The second-order valence-corrected chi connectivity index (χ2v) is 7.10. The van der Waals surface area contributed by atoms with Crippen LogP contribution in [0.1, 0.15) is 22.1 Å². The van der Waals surface area contributed by atoms with E-state index in [-0.39, 0.29) is 5.91 Å². The van der Waals surface area contributed by atoms with Gasteiger partial charge < -0.3 is 19.9 Å². The number of ether oxygens (including phenoxy) is 2. The maximum atomic E-state index is 13.5. The van der Waals surface area contributed by atoms with E-state index in [4.69, 9.17) is 9.47 Å². The van der Waals surface area contributed by atoms with Crippen molar-refractivity contribution < 1.29 is 24.3 Å². The van der Waals surface area contributed by atoms with Crippen LogP contribution in [0.3, 0.4) is 0 Å². The van der Waals surface area contributed by atoms with Gasteiger partial charge in [0.05, 0.1) is 16.2 Å². The molecule has 0 radical (unpaired) electrons. The molecule has 1 unspecified atom stereocenters. The molecule has 1 atom stereocenters. The van der Waals surface area contributed by atoms with Crippen LogP contribution in [0.25, 0.3) is 0 Å². The smallest absolute Gasteiger partial charge is 0.311 e. The number of nitro benzene ring substituents is 1. The number of rotatable bonds is 3. The summed E-state index contributed by atoms with van der Waals surface area (Å²) in [5.74, 6) is 0.393. The molecule has 0 spiro atoms. The highest BCUT2D eigenvalue weighted by molar-refractivity contribution is 6.12. The molecule has 2 N–H and O–H groups in total. The third-order valence-corrected chi connectivity index (χ3v) is 5.24. The minimum Gasteiger partial charge on any atom is -0.502 e. The highest BCUT2D eigenvalue weighted by Crippen LogP contribution is 2.41. The van der Waals surface area contributed by atoms with Gasteiger partial charge in [0.2, 0.25) is 0 Å². The summed E-state index contributed by atoms with van der Waals surface area (Å²) in [6.45, 7) is 0.850. The Bertz CT molecular complexity index is 1210. The van der Waals surface area contributed by atoms with Crippen molar-refractivity contribution in [2.75, 3.05) is 23.4 Å². The summed E-state index contributed by atoms with van der Waals surface area (Å²) in [6.07, 6.45) is -0.746. The van der Waals surface area contributed by atoms with E-state index in [9.17, 15) is 20.0 Å². The maximum absolute atomic E-state index is 13.5. The number of aromatic hydroxyl groups is 1. The van der Waals surface area contributed by atoms with Gasteiger partial charge in [-0.1, -0.05) is 18.2 Å². The van der Waals surface area contributed by atoms with E-state index < -0.39 is 22.5 Å². The van der Waals surface area contributed by atoms with Crippen molar-refractivity contribution in [3.63, 3.8) is 0 Å². The second-order valence-electron chi connectivity index (χ2n) is 7.10. The Morgan fingerprint density at radius 3 is 2.61 bits per heavy atom. The number of hydrogen-bond acceptors (Lipinski definition) is 7. The van der Waals surface area contributed by atoms with E-state index in [0.29, 0.717) is 47.2 Å². The second kappa shape index (κ2) is 7.21. The standard InChI is InChI=1S/C22H17N3O6/c26-18-7-5-13(11-17(18)25(28)29)21-23-16-4-2-1-3-15(16)22(27)24(21)14-6-8-19-20(12-14)31-10-9-30-19/h1-8,11-12,21,23,26H,9-10H2. The highest BCUT2D eigenvalue weighted by Gasteiger charge is 2.35. The molecule has 3 aromatic carbocycles. The van der Waals surface area contributed by atoms with Gasteiger partial charge in [-0.2, -0.15) is 0 Å². The monoisotopic (exact) mass is 419 g/mol. The fourth-order valence-electron chi connectivity index (χ4n) is 3.79. The van der Waals surface area contributed by atoms with Crippen LogP contribution in [0.5, 0.6) is 17.2 Å². The van der Waals surface area contributed by atoms with E-state index >= 15 is 0 Å². The number of amides is 1. The number of nitrogens with zero attached hydrogens (tertiary/aromatic N) is 2. The summed E-state index contributed by atoms with van der Waals surface area (Å²) in [4.78, 5) is 25.7. The fourth-order valence-corrected chi connectivity index (χ4v) is 3.79. The van der Waals surface area contributed by atoms with Crippen molar-refractivity contribution in [3.05, 3.63) is 81.9 Å². The van der Waals surface area contributed by atoms with E-state index in [1.54, 1.807) is 48.5 Å². The summed E-state index contributed by atoms with van der Waals surface area (Å²) in [5, 5.41) is 24.5. The van der Waals surface area contributed by atoms with Gasteiger partial charge in [-0.3, -0.25) is 19.8 Å². The van der Waals surface area contributed by atoms with Gasteiger partial charge in [-0.05, 0) is 30.3 Å². The van der Waals surface area contributed by atoms with E-state index in [1.165, 1.54) is 17.0 Å². The molecule has 31 heavy (non-hydrogen) atoms. The van der Waals surface area contributed by atoms with Crippen molar-refractivity contribution >= 4 is 23.0 Å². The van der Waals surface area contributed by atoms with Crippen LogP contribution in [-0.4, -0.2) is 29.2 Å². The topological polar surface area (TPSA) is 114 Å². The SMILES string of the molecule is O=C1c2ccccc2NC(c2ccc(O)c([N+](=O)[O-])c2)N1c1ccc2c(c1)OCCO2. The van der Waals surface area contributed by atoms with E-state index in [0.717, 1.165) is 0 Å². The lowest BCUT2D eigenvalue weighted by Gasteiger charge is -2.38. The molecule has 5 rings (SSSR count). The molecule has 9 heteroatoms. The molecule has 1 amide bonds. The number of phenols is 1. The van der Waals surface area contributed by atoms with Gasteiger partial charge in [0, 0.05) is 23.4 Å². The number of benzene rings is 3. The largest absolute Gasteiger partial charge is 0.502 e. The van der Waals surface area contributed by atoms with Crippen LogP contribution in [-0.2, 0) is 0 Å². The van der Waals surface area contributed by atoms with Gasteiger partial charge in [0.1, 0.15) is 19.4 Å². The summed E-state index contributed by atoms with van der Waals surface area (Å²) < 4.78 is 11.2. The molecule has 0 saturated heterocycles. The summed E-state index contributed by atoms with van der Waals surface area (Å²) in [5.41, 5.74) is 1.64. The lowest BCUT2D eigenvalue weighted by atomic mass is 10.0. The number of carbonyl (C=O) groups excluding carboxylic acids is 1. The lowest BCUT2D eigenvalue weighted by molar-refractivity contribution is -0.385. The summed E-state index contributed by atoms with van der Waals surface area (Å²) >= 11 is 0. The Morgan fingerprint density at radius 2 is 1.81 bits per heavy atom. The number of fused-ring (bicyclic) bond motifs is 2. The molecule has 3 aromatic rings. The van der Waals surface area contributed by atoms with Gasteiger partial charge in [-0.25, -0.2) is 0 Å². The van der Waals surface area contributed by atoms with Crippen LogP contribution in [0.15, 0.2) is 60.7 Å². The van der Waals surface area contributed by atoms with Gasteiger partial charge in [-0.15, -0.1) is 0 Å². The minimum absolute atomic E-state index is 0.272. The lowest BCUT2D eigenvalue weighted by Crippen LogP contribution is -2.43. The Morgan fingerprint density at radius 1 is 1.03 bits per heavy atom. The van der Waals surface area contributed by atoms with Crippen molar-refractivity contribution in [3.8, 4) is 17.2 Å². The number of anilines is 2. The molecule has 2 aliphatic heterocycles. The fraction of sp³-hybridized carbons (Fsp3) is 0.136. The molecule has 156 valence electrons. The van der Waals surface area contributed by atoms with Crippen molar-refractivity contribution in [2.24, 2.45) is 0 Å². The first kappa shape index (κ1) is 18.7. The quantitative estimate of drug-likeness (QED) is 0.490. The molecular weight excluding hydrogens is 402 g/mol. The Hall–Kier alpha value is -4.27. The maximum Gasteiger partial charge on any atom is 0.311 e. The zero-order valence-corrected chi connectivity index (χ0v) is 16.1. The third kappa shape index (κ3) is 3.16. The van der Waals surface area contributed by atoms with Gasteiger partial charge in [0.15, 0.2) is 17.2 Å². The number of carbonyl (C=O) groups is 1. The Balaban J connectivity index is 1.65. The molecule has 9 nitrogen and oxygen atoms in total. The molecule has 0 fully saturated rings. The average molecular weight is 419 g/mol. The van der Waals surface area contributed by atoms with Crippen LogP contribution < -0.4 is 19.7 Å². The van der Waals surface area contributed by atoms with E-state index in [1.807, 2.05) is 0 Å². The third-order valence-electron chi connectivity index (χ3n) is 5.24. The predicted molar refractivity (Wildman–Crippen MR) is 112 cm³/mol. The molecule has 2 aliphatic rings. The van der Waals surface area contributed by atoms with E-state index in [2.05, 4.69) is 5.32 Å². The van der Waals surface area contributed by atoms with Crippen LogP contribution in [0.4, 0.5) is 17.1 Å². The van der Waals surface area contributed by atoms with Gasteiger partial charge in [0.25, 0.3) is 5.91 Å². The minimum atomic E-state index is -0.746. The molecule has 0 aromatic heterocycles. The average Bonchev–Trinajstić information content (AvgIpc) is 2.79. The molecule has 2 heterocycles. The number of phenolic OH excluding ortho intramolecular Hbond substituents is 1. The normalized spacial score (nSPS) is 17.0. The number of nitro groups is 1. The highest BCUT2D eigenvalue weighted by atomic mass is 16.6. The van der Waals surface area contributed by atoms with Gasteiger partial charge >= 0.3 is 5.69 Å². The van der Waals surface area contributed by atoms with Crippen molar-refractivity contribution in [1.82, 2.24) is 0 Å². The first-order valence-electron chi connectivity index (χ1n) is 9.59. The Labute approximate surface area is 176 Å². The summed E-state index contributed by atoms with van der Waals surface area (Å²) in [6, 6.07) is 16.3. The predicted octanol–water partition coefficient (Wildman–Crippen LogP) is 3.84. The first-order chi connectivity index (χ1) is 15.0. The first-order valence-corrected chi connectivity index (χ1v) is 9.59. The molecule has 0 saturated carbocycles. The summed E-state index contributed by atoms with van der Waals surface area (Å²) in [7, 11) is 0. The number of para-hydroxylation sites is 1. The van der Waals surface area contributed by atoms with Crippen LogP contribution in [0, 0.1) is 10.1 Å². The Kier molecular flexibility index (Phi) is 4.36.